The molecule has 1 aliphatic rings. The van der Waals surface area contributed by atoms with Crippen LogP contribution in [0.15, 0.2) is 40.9 Å². The average Bonchev–Trinajstić information content (AvgIpc) is 2.90. The van der Waals surface area contributed by atoms with Gasteiger partial charge < -0.3 is 4.57 Å². The quantitative estimate of drug-likeness (QED) is 0.441. The molecule has 3 aromatic rings. The van der Waals surface area contributed by atoms with E-state index in [9.17, 15) is 4.39 Å². The molecular formula is C21H20BrClFN. The van der Waals surface area contributed by atoms with Crippen molar-refractivity contribution in [1.29, 1.82) is 0 Å². The van der Waals surface area contributed by atoms with Gasteiger partial charge in [0.1, 0.15) is 5.82 Å². The molecule has 4 rings (SSSR count). The van der Waals surface area contributed by atoms with E-state index < -0.39 is 0 Å². The van der Waals surface area contributed by atoms with Gasteiger partial charge in [0.15, 0.2) is 0 Å². The average molecular weight is 421 g/mol. The second kappa shape index (κ2) is 6.77. The van der Waals surface area contributed by atoms with Crippen molar-refractivity contribution in [3.8, 4) is 0 Å². The third-order valence-electron chi connectivity index (χ3n) is 5.41. The first-order valence-electron chi connectivity index (χ1n) is 8.80. The van der Waals surface area contributed by atoms with Crippen molar-refractivity contribution >= 4 is 38.4 Å². The minimum Gasteiger partial charge on any atom is -0.339 e. The highest BCUT2D eigenvalue weighted by Crippen LogP contribution is 2.39. The number of hydrogen-bond donors (Lipinski definition) is 0. The molecule has 0 amide bonds. The molecule has 1 heterocycles. The SMILES string of the molecule is CCC1CCc2c(n(Cc3ccc(Cl)cc3)c3c(Br)cc(F)cc23)C1. The molecule has 0 fully saturated rings. The number of hydrogen-bond acceptors (Lipinski definition) is 0. The maximum atomic E-state index is 14.0. The van der Waals surface area contributed by atoms with Gasteiger partial charge >= 0.3 is 0 Å². The van der Waals surface area contributed by atoms with E-state index in [4.69, 9.17) is 11.6 Å². The standard InChI is InChI=1S/C21H20BrClFN/c1-2-13-5-8-17-18-10-16(24)11-19(22)21(18)25(20(17)9-13)12-14-3-6-15(23)7-4-14/h3-4,6-7,10-11,13H,2,5,8-9,12H2,1H3. The van der Waals surface area contributed by atoms with E-state index in [1.54, 1.807) is 12.1 Å². The Morgan fingerprint density at radius 2 is 2.00 bits per heavy atom. The van der Waals surface area contributed by atoms with Crippen LogP contribution in [0.1, 0.15) is 36.6 Å². The van der Waals surface area contributed by atoms with Crippen molar-refractivity contribution in [3.05, 3.63) is 68.5 Å². The molecule has 0 saturated heterocycles. The molecule has 0 spiro atoms. The van der Waals surface area contributed by atoms with Crippen LogP contribution in [0.2, 0.25) is 5.02 Å². The first-order valence-corrected chi connectivity index (χ1v) is 9.97. The van der Waals surface area contributed by atoms with Crippen LogP contribution in [0.3, 0.4) is 0 Å². The first-order chi connectivity index (χ1) is 12.1. The number of aromatic nitrogens is 1. The van der Waals surface area contributed by atoms with Gasteiger partial charge in [-0.25, -0.2) is 4.39 Å². The first kappa shape index (κ1) is 17.1. The van der Waals surface area contributed by atoms with Gasteiger partial charge in [0.05, 0.1) is 5.52 Å². The predicted octanol–water partition coefficient (Wildman–Crippen LogP) is 6.76. The fourth-order valence-electron chi connectivity index (χ4n) is 4.06. The molecule has 1 unspecified atom stereocenters. The number of rotatable bonds is 3. The van der Waals surface area contributed by atoms with E-state index in [0.717, 1.165) is 39.8 Å². The highest BCUT2D eigenvalue weighted by atomic mass is 79.9. The zero-order valence-corrected chi connectivity index (χ0v) is 16.5. The summed E-state index contributed by atoms with van der Waals surface area (Å²) >= 11 is 9.63. The van der Waals surface area contributed by atoms with Crippen LogP contribution in [0.4, 0.5) is 4.39 Å². The molecular weight excluding hydrogens is 401 g/mol. The summed E-state index contributed by atoms with van der Waals surface area (Å²) in [6, 6.07) is 11.3. The number of nitrogens with zero attached hydrogens (tertiary/aromatic N) is 1. The minimum absolute atomic E-state index is 0.177. The minimum atomic E-state index is -0.177. The second-order valence-electron chi connectivity index (χ2n) is 6.94. The molecule has 4 heteroatoms. The molecule has 1 aliphatic carbocycles. The van der Waals surface area contributed by atoms with Gasteiger partial charge in [-0.2, -0.15) is 0 Å². The summed E-state index contributed by atoms with van der Waals surface area (Å²) in [7, 11) is 0. The maximum Gasteiger partial charge on any atom is 0.125 e. The summed E-state index contributed by atoms with van der Waals surface area (Å²) in [6.07, 6.45) is 4.49. The van der Waals surface area contributed by atoms with E-state index in [2.05, 4.69) is 39.6 Å². The lowest BCUT2D eigenvalue weighted by Gasteiger charge is -2.23. The summed E-state index contributed by atoms with van der Waals surface area (Å²) in [5.41, 5.74) is 5.01. The molecule has 25 heavy (non-hydrogen) atoms. The number of fused-ring (bicyclic) bond motifs is 3. The molecule has 1 atom stereocenters. The van der Waals surface area contributed by atoms with Gasteiger partial charge in [-0.3, -0.25) is 0 Å². The number of aryl methyl sites for hydroxylation is 1. The Labute approximate surface area is 160 Å². The van der Waals surface area contributed by atoms with E-state index >= 15 is 0 Å². The maximum absolute atomic E-state index is 14.0. The topological polar surface area (TPSA) is 4.93 Å². The Morgan fingerprint density at radius 3 is 2.72 bits per heavy atom. The normalized spacial score (nSPS) is 17.0. The predicted molar refractivity (Wildman–Crippen MR) is 106 cm³/mol. The van der Waals surface area contributed by atoms with Gasteiger partial charge in [0, 0.05) is 27.1 Å². The van der Waals surface area contributed by atoms with E-state index in [1.165, 1.54) is 29.7 Å². The Bertz CT molecular complexity index is 929. The van der Waals surface area contributed by atoms with Gasteiger partial charge in [-0.1, -0.05) is 37.1 Å². The second-order valence-corrected chi connectivity index (χ2v) is 8.23. The smallest absolute Gasteiger partial charge is 0.125 e. The Hall–Kier alpha value is -1.32. The van der Waals surface area contributed by atoms with E-state index in [-0.39, 0.29) is 5.82 Å². The van der Waals surface area contributed by atoms with Crippen LogP contribution in [-0.2, 0) is 19.4 Å². The van der Waals surface area contributed by atoms with Crippen LogP contribution >= 0.6 is 27.5 Å². The molecule has 1 aromatic heterocycles. The van der Waals surface area contributed by atoms with Gasteiger partial charge in [-0.15, -0.1) is 0 Å². The molecule has 0 bridgehead atoms. The highest BCUT2D eigenvalue weighted by molar-refractivity contribution is 9.10. The lowest BCUT2D eigenvalue weighted by Crippen LogP contribution is -2.16. The van der Waals surface area contributed by atoms with Gasteiger partial charge in [-0.05, 0) is 76.5 Å². The zero-order chi connectivity index (χ0) is 17.6. The summed E-state index contributed by atoms with van der Waals surface area (Å²) in [4.78, 5) is 0. The van der Waals surface area contributed by atoms with Crippen LogP contribution < -0.4 is 0 Å². The van der Waals surface area contributed by atoms with Crippen molar-refractivity contribution in [1.82, 2.24) is 4.57 Å². The summed E-state index contributed by atoms with van der Waals surface area (Å²) in [5, 5.41) is 1.81. The molecule has 1 nitrogen and oxygen atoms in total. The third kappa shape index (κ3) is 3.13. The van der Waals surface area contributed by atoms with Gasteiger partial charge in [0.2, 0.25) is 0 Å². The summed E-state index contributed by atoms with van der Waals surface area (Å²) in [6.45, 7) is 3.04. The lowest BCUT2D eigenvalue weighted by molar-refractivity contribution is 0.432. The Kier molecular flexibility index (Phi) is 4.63. The van der Waals surface area contributed by atoms with Crippen LogP contribution in [0, 0.1) is 11.7 Å². The Morgan fingerprint density at radius 1 is 1.24 bits per heavy atom. The Balaban J connectivity index is 1.90. The van der Waals surface area contributed by atoms with Gasteiger partial charge in [0.25, 0.3) is 0 Å². The fraction of sp³-hybridized carbons (Fsp3) is 0.333. The zero-order valence-electron chi connectivity index (χ0n) is 14.2. The summed E-state index contributed by atoms with van der Waals surface area (Å²) < 4.78 is 17.2. The van der Waals surface area contributed by atoms with Crippen molar-refractivity contribution in [2.24, 2.45) is 5.92 Å². The molecule has 130 valence electrons. The summed E-state index contributed by atoms with van der Waals surface area (Å²) in [5.74, 6) is 0.535. The lowest BCUT2D eigenvalue weighted by atomic mass is 9.85. The molecule has 2 aromatic carbocycles. The van der Waals surface area contributed by atoms with E-state index in [0.29, 0.717) is 5.92 Å². The van der Waals surface area contributed by atoms with E-state index in [1.807, 2.05) is 12.1 Å². The highest BCUT2D eigenvalue weighted by Gasteiger charge is 2.26. The monoisotopic (exact) mass is 419 g/mol. The molecule has 0 radical (unpaired) electrons. The third-order valence-corrected chi connectivity index (χ3v) is 6.27. The fourth-order valence-corrected chi connectivity index (χ4v) is 4.83. The van der Waals surface area contributed by atoms with Crippen LogP contribution in [0.5, 0.6) is 0 Å². The van der Waals surface area contributed by atoms with Crippen molar-refractivity contribution in [3.63, 3.8) is 0 Å². The molecule has 0 N–H and O–H groups in total. The van der Waals surface area contributed by atoms with Crippen molar-refractivity contribution in [2.45, 2.75) is 39.2 Å². The number of halogens is 3. The van der Waals surface area contributed by atoms with Crippen molar-refractivity contribution in [2.75, 3.05) is 0 Å². The van der Waals surface area contributed by atoms with Crippen molar-refractivity contribution < 1.29 is 4.39 Å². The largest absolute Gasteiger partial charge is 0.339 e. The van der Waals surface area contributed by atoms with Crippen LogP contribution in [0.25, 0.3) is 10.9 Å². The molecule has 0 saturated carbocycles. The molecule has 0 aliphatic heterocycles. The number of benzene rings is 2. The van der Waals surface area contributed by atoms with Crippen LogP contribution in [-0.4, -0.2) is 4.57 Å².